The molecule has 1 aromatic carbocycles. The molecule has 1 aliphatic carbocycles. The summed E-state index contributed by atoms with van der Waals surface area (Å²) >= 11 is 6.34. The minimum absolute atomic E-state index is 0.421. The highest BCUT2D eigenvalue weighted by Gasteiger charge is 2.38. The monoisotopic (exact) mass is 281 g/mol. The van der Waals surface area contributed by atoms with Crippen molar-refractivity contribution in [3.63, 3.8) is 0 Å². The summed E-state index contributed by atoms with van der Waals surface area (Å²) in [5, 5.41) is 0.496. The van der Waals surface area contributed by atoms with Gasteiger partial charge in [-0.3, -0.25) is 4.79 Å². The van der Waals surface area contributed by atoms with Crippen LogP contribution in [0.15, 0.2) is 6.07 Å². The highest BCUT2D eigenvalue weighted by atomic mass is 35.5. The Kier molecular flexibility index (Phi) is 3.15. The molecule has 0 atom stereocenters. The van der Waals surface area contributed by atoms with Gasteiger partial charge in [-0.05, 0) is 18.9 Å². The Morgan fingerprint density at radius 2 is 1.84 bits per heavy atom. The van der Waals surface area contributed by atoms with E-state index < -0.39 is 5.54 Å². The molecule has 0 amide bonds. The van der Waals surface area contributed by atoms with Crippen molar-refractivity contribution in [2.45, 2.75) is 31.2 Å². The highest BCUT2D eigenvalue weighted by molar-refractivity contribution is 6.32. The summed E-state index contributed by atoms with van der Waals surface area (Å²) in [6.45, 7) is 0.890. The maximum absolute atomic E-state index is 11.1. The van der Waals surface area contributed by atoms with Crippen LogP contribution < -0.4 is 15.2 Å². The maximum atomic E-state index is 11.1. The van der Waals surface area contributed by atoms with E-state index in [4.69, 9.17) is 26.8 Å². The van der Waals surface area contributed by atoms with Gasteiger partial charge < -0.3 is 15.2 Å². The SMILES string of the molecule is NC1(c2c(Cl)cc(C=O)c3c2OCCO3)CCCC1. The number of hydrogen-bond acceptors (Lipinski definition) is 4. The molecule has 0 saturated heterocycles. The van der Waals surface area contributed by atoms with Crippen LogP contribution in [0, 0.1) is 0 Å². The zero-order valence-electron chi connectivity index (χ0n) is 10.6. The minimum Gasteiger partial charge on any atom is -0.486 e. The second kappa shape index (κ2) is 4.69. The van der Waals surface area contributed by atoms with Crippen LogP contribution in [0.4, 0.5) is 0 Å². The first-order valence-corrected chi connectivity index (χ1v) is 6.90. The van der Waals surface area contributed by atoms with Gasteiger partial charge in [0.1, 0.15) is 13.2 Å². The van der Waals surface area contributed by atoms with E-state index >= 15 is 0 Å². The molecule has 1 saturated carbocycles. The van der Waals surface area contributed by atoms with E-state index in [1.54, 1.807) is 6.07 Å². The van der Waals surface area contributed by atoms with Crippen LogP contribution >= 0.6 is 11.6 Å². The molecule has 1 heterocycles. The third-order valence-electron chi connectivity index (χ3n) is 3.91. The van der Waals surface area contributed by atoms with Crippen LogP contribution in [-0.2, 0) is 5.54 Å². The predicted octanol–water partition coefficient (Wildman–Crippen LogP) is 2.65. The lowest BCUT2D eigenvalue weighted by Crippen LogP contribution is -2.35. The van der Waals surface area contributed by atoms with Gasteiger partial charge in [-0.25, -0.2) is 0 Å². The number of nitrogens with two attached hydrogens (primary N) is 1. The first-order chi connectivity index (χ1) is 9.15. The van der Waals surface area contributed by atoms with Crippen molar-refractivity contribution < 1.29 is 14.3 Å². The molecule has 0 aromatic heterocycles. The van der Waals surface area contributed by atoms with Crippen molar-refractivity contribution in [3.05, 3.63) is 22.2 Å². The van der Waals surface area contributed by atoms with E-state index in [9.17, 15) is 4.79 Å². The van der Waals surface area contributed by atoms with Gasteiger partial charge in [-0.15, -0.1) is 0 Å². The van der Waals surface area contributed by atoms with Crippen LogP contribution in [0.1, 0.15) is 41.6 Å². The molecular formula is C14H16ClNO3. The second-order valence-corrected chi connectivity index (χ2v) is 5.57. The Morgan fingerprint density at radius 3 is 2.47 bits per heavy atom. The van der Waals surface area contributed by atoms with Crippen LogP contribution in [0.25, 0.3) is 0 Å². The molecule has 102 valence electrons. The Hall–Kier alpha value is -1.26. The number of benzene rings is 1. The molecule has 0 radical (unpaired) electrons. The molecule has 2 aliphatic rings. The average Bonchev–Trinajstić information content (AvgIpc) is 2.85. The molecule has 1 aliphatic heterocycles. The van der Waals surface area contributed by atoms with E-state index in [0.717, 1.165) is 37.5 Å². The molecular weight excluding hydrogens is 266 g/mol. The topological polar surface area (TPSA) is 61.6 Å². The fraction of sp³-hybridized carbons (Fsp3) is 0.500. The summed E-state index contributed by atoms with van der Waals surface area (Å²) in [6.07, 6.45) is 4.66. The summed E-state index contributed by atoms with van der Waals surface area (Å²) in [4.78, 5) is 11.1. The Balaban J connectivity index is 2.21. The lowest BCUT2D eigenvalue weighted by molar-refractivity contribution is 0.111. The minimum atomic E-state index is -0.469. The molecule has 1 fully saturated rings. The predicted molar refractivity (Wildman–Crippen MR) is 72.2 cm³/mol. The Bertz CT molecular complexity index is 524. The van der Waals surface area contributed by atoms with E-state index in [0.29, 0.717) is 35.3 Å². The molecule has 5 heteroatoms. The molecule has 3 rings (SSSR count). The molecule has 4 nitrogen and oxygen atoms in total. The normalized spacial score (nSPS) is 20.3. The first kappa shape index (κ1) is 12.8. The van der Waals surface area contributed by atoms with Crippen LogP contribution in [0.5, 0.6) is 11.5 Å². The van der Waals surface area contributed by atoms with E-state index in [2.05, 4.69) is 0 Å². The number of fused-ring (bicyclic) bond motifs is 1. The van der Waals surface area contributed by atoms with Gasteiger partial charge in [0.15, 0.2) is 17.8 Å². The summed E-state index contributed by atoms with van der Waals surface area (Å²) in [6, 6.07) is 1.63. The second-order valence-electron chi connectivity index (χ2n) is 5.16. The maximum Gasteiger partial charge on any atom is 0.172 e. The van der Waals surface area contributed by atoms with Crippen molar-refractivity contribution in [1.82, 2.24) is 0 Å². The van der Waals surface area contributed by atoms with Gasteiger partial charge in [0, 0.05) is 11.1 Å². The molecule has 1 aromatic rings. The van der Waals surface area contributed by atoms with Crippen molar-refractivity contribution >= 4 is 17.9 Å². The van der Waals surface area contributed by atoms with Gasteiger partial charge in [-0.1, -0.05) is 24.4 Å². The van der Waals surface area contributed by atoms with Gasteiger partial charge >= 0.3 is 0 Å². The van der Waals surface area contributed by atoms with E-state index in [-0.39, 0.29) is 0 Å². The number of carbonyl (C=O) groups is 1. The Labute approximate surface area is 116 Å². The Morgan fingerprint density at radius 1 is 1.21 bits per heavy atom. The number of ether oxygens (including phenoxy) is 2. The first-order valence-electron chi connectivity index (χ1n) is 6.52. The third kappa shape index (κ3) is 1.99. The lowest BCUT2D eigenvalue weighted by atomic mass is 9.87. The van der Waals surface area contributed by atoms with Gasteiger partial charge in [-0.2, -0.15) is 0 Å². The fourth-order valence-corrected chi connectivity index (χ4v) is 3.40. The number of aldehydes is 1. The van der Waals surface area contributed by atoms with Crippen molar-refractivity contribution in [1.29, 1.82) is 0 Å². The number of halogens is 1. The smallest absolute Gasteiger partial charge is 0.172 e. The molecule has 0 bridgehead atoms. The summed E-state index contributed by atoms with van der Waals surface area (Å²) in [7, 11) is 0. The summed E-state index contributed by atoms with van der Waals surface area (Å²) in [5.74, 6) is 1.04. The molecule has 19 heavy (non-hydrogen) atoms. The quantitative estimate of drug-likeness (QED) is 0.847. The van der Waals surface area contributed by atoms with Crippen LogP contribution in [0.3, 0.4) is 0 Å². The van der Waals surface area contributed by atoms with Gasteiger partial charge in [0.25, 0.3) is 0 Å². The van der Waals surface area contributed by atoms with Gasteiger partial charge in [0.2, 0.25) is 0 Å². The van der Waals surface area contributed by atoms with Crippen molar-refractivity contribution in [3.8, 4) is 11.5 Å². The van der Waals surface area contributed by atoms with Crippen molar-refractivity contribution in [2.24, 2.45) is 5.73 Å². The standard InChI is InChI=1S/C14H16ClNO3/c15-10-7-9(8-17)12-13(19-6-5-18-12)11(10)14(16)3-1-2-4-14/h7-8H,1-6,16H2. The van der Waals surface area contributed by atoms with Crippen LogP contribution in [-0.4, -0.2) is 19.5 Å². The van der Waals surface area contributed by atoms with E-state index in [1.807, 2.05) is 0 Å². The number of rotatable bonds is 2. The van der Waals surface area contributed by atoms with Crippen molar-refractivity contribution in [2.75, 3.05) is 13.2 Å². The van der Waals surface area contributed by atoms with Crippen LogP contribution in [0.2, 0.25) is 5.02 Å². The third-order valence-corrected chi connectivity index (χ3v) is 4.21. The molecule has 0 unspecified atom stereocenters. The number of carbonyl (C=O) groups excluding carboxylic acids is 1. The summed E-state index contributed by atoms with van der Waals surface area (Å²) in [5.41, 5.74) is 7.24. The molecule has 0 spiro atoms. The van der Waals surface area contributed by atoms with E-state index in [1.165, 1.54) is 0 Å². The average molecular weight is 282 g/mol. The molecule has 2 N–H and O–H groups in total. The number of hydrogen-bond donors (Lipinski definition) is 1. The zero-order valence-corrected chi connectivity index (χ0v) is 11.3. The van der Waals surface area contributed by atoms with Gasteiger partial charge in [0.05, 0.1) is 10.6 Å². The zero-order chi connectivity index (χ0) is 13.5. The highest BCUT2D eigenvalue weighted by Crippen LogP contribution is 2.49. The summed E-state index contributed by atoms with van der Waals surface area (Å²) < 4.78 is 11.3. The fourth-order valence-electron chi connectivity index (χ4n) is 3.01. The lowest BCUT2D eigenvalue weighted by Gasteiger charge is -2.31. The largest absolute Gasteiger partial charge is 0.486 e.